The maximum atomic E-state index is 12.9. The number of likely N-dealkylation sites (N-methyl/N-ethyl adjacent to an activating group) is 1. The van der Waals surface area contributed by atoms with Crippen LogP contribution in [0.5, 0.6) is 0 Å². The molecular weight excluding hydrogens is 338 g/mol. The first-order chi connectivity index (χ1) is 12.8. The van der Waals surface area contributed by atoms with Crippen molar-refractivity contribution in [3.8, 4) is 0 Å². The van der Waals surface area contributed by atoms with Crippen molar-refractivity contribution in [2.45, 2.75) is 25.8 Å². The van der Waals surface area contributed by atoms with Crippen LogP contribution in [0.3, 0.4) is 0 Å². The Morgan fingerprint density at radius 2 is 1.89 bits per heavy atom. The number of nitrogens with zero attached hydrogens (tertiary/aromatic N) is 2. The molecular formula is C22H29N3O2. The predicted octanol–water partition coefficient (Wildman–Crippen LogP) is 2.60. The van der Waals surface area contributed by atoms with E-state index >= 15 is 0 Å². The van der Waals surface area contributed by atoms with Gasteiger partial charge in [-0.05, 0) is 44.3 Å². The Labute approximate surface area is 161 Å². The van der Waals surface area contributed by atoms with Crippen molar-refractivity contribution in [2.24, 2.45) is 5.92 Å². The molecule has 5 nitrogen and oxygen atoms in total. The SMILES string of the molecule is CN(C)CCN1C[C@@H](C(=O)NC(C)(C)c2cccc3ccccc23)CC1=O. The quantitative estimate of drug-likeness (QED) is 0.854. The highest BCUT2D eigenvalue weighted by Crippen LogP contribution is 2.29. The van der Waals surface area contributed by atoms with Crippen LogP contribution >= 0.6 is 0 Å². The van der Waals surface area contributed by atoms with Crippen LogP contribution in [0.15, 0.2) is 42.5 Å². The summed E-state index contributed by atoms with van der Waals surface area (Å²) in [6.45, 7) is 6.02. The van der Waals surface area contributed by atoms with E-state index in [2.05, 4.69) is 29.6 Å². The molecule has 0 bridgehead atoms. The second kappa shape index (κ2) is 7.69. The van der Waals surface area contributed by atoms with Crippen LogP contribution < -0.4 is 5.32 Å². The summed E-state index contributed by atoms with van der Waals surface area (Å²) in [5.41, 5.74) is 0.570. The molecule has 2 amide bonds. The molecule has 5 heteroatoms. The molecule has 0 spiro atoms. The van der Waals surface area contributed by atoms with Crippen molar-refractivity contribution in [3.05, 3.63) is 48.0 Å². The maximum absolute atomic E-state index is 12.9. The van der Waals surface area contributed by atoms with Crippen LogP contribution in [0, 0.1) is 5.92 Å². The number of rotatable bonds is 6. The molecule has 0 saturated carbocycles. The van der Waals surface area contributed by atoms with E-state index in [4.69, 9.17) is 0 Å². The minimum absolute atomic E-state index is 0.0476. The molecule has 0 aliphatic carbocycles. The van der Waals surface area contributed by atoms with E-state index < -0.39 is 5.54 Å². The molecule has 1 aliphatic rings. The number of nitrogens with one attached hydrogen (secondary N) is 1. The van der Waals surface area contributed by atoms with Gasteiger partial charge < -0.3 is 15.1 Å². The number of carbonyl (C=O) groups excluding carboxylic acids is 2. The fourth-order valence-electron chi connectivity index (χ4n) is 3.73. The van der Waals surface area contributed by atoms with E-state index in [-0.39, 0.29) is 17.7 Å². The van der Waals surface area contributed by atoms with E-state index in [0.29, 0.717) is 19.5 Å². The lowest BCUT2D eigenvalue weighted by Crippen LogP contribution is -2.45. The molecule has 1 saturated heterocycles. The lowest BCUT2D eigenvalue weighted by Gasteiger charge is -2.29. The fraction of sp³-hybridized carbons (Fsp3) is 0.455. The maximum Gasteiger partial charge on any atom is 0.226 e. The Hall–Kier alpha value is -2.40. The monoisotopic (exact) mass is 367 g/mol. The minimum Gasteiger partial charge on any atom is -0.347 e. The summed E-state index contributed by atoms with van der Waals surface area (Å²) in [4.78, 5) is 29.0. The summed E-state index contributed by atoms with van der Waals surface area (Å²) in [5.74, 6) is -0.262. The van der Waals surface area contributed by atoms with Crippen LogP contribution in [-0.4, -0.2) is 55.3 Å². The van der Waals surface area contributed by atoms with E-state index in [9.17, 15) is 9.59 Å². The topological polar surface area (TPSA) is 52.6 Å². The van der Waals surface area contributed by atoms with Gasteiger partial charge in [-0.1, -0.05) is 42.5 Å². The third-order valence-electron chi connectivity index (χ3n) is 5.30. The van der Waals surface area contributed by atoms with Crippen LogP contribution in [0.4, 0.5) is 0 Å². The first-order valence-electron chi connectivity index (χ1n) is 9.51. The molecule has 1 heterocycles. The Balaban J connectivity index is 1.72. The van der Waals surface area contributed by atoms with Gasteiger partial charge in [0.05, 0.1) is 11.5 Å². The molecule has 144 valence electrons. The number of carbonyl (C=O) groups is 2. The van der Waals surface area contributed by atoms with Crippen molar-refractivity contribution in [1.29, 1.82) is 0 Å². The highest BCUT2D eigenvalue weighted by molar-refractivity contribution is 5.91. The normalized spacial score (nSPS) is 17.7. The van der Waals surface area contributed by atoms with Crippen molar-refractivity contribution >= 4 is 22.6 Å². The molecule has 0 radical (unpaired) electrons. The number of benzene rings is 2. The summed E-state index contributed by atoms with van der Waals surface area (Å²) in [6.07, 6.45) is 0.297. The Bertz CT molecular complexity index is 839. The van der Waals surface area contributed by atoms with Gasteiger partial charge in [-0.2, -0.15) is 0 Å². The molecule has 0 unspecified atom stereocenters. The third-order valence-corrected chi connectivity index (χ3v) is 5.30. The highest BCUT2D eigenvalue weighted by atomic mass is 16.2. The van der Waals surface area contributed by atoms with Gasteiger partial charge in [-0.25, -0.2) is 0 Å². The zero-order valence-corrected chi connectivity index (χ0v) is 16.7. The van der Waals surface area contributed by atoms with Gasteiger partial charge in [-0.15, -0.1) is 0 Å². The van der Waals surface area contributed by atoms with Gasteiger partial charge in [-0.3, -0.25) is 9.59 Å². The molecule has 27 heavy (non-hydrogen) atoms. The van der Waals surface area contributed by atoms with Crippen molar-refractivity contribution in [3.63, 3.8) is 0 Å². The van der Waals surface area contributed by atoms with Crippen LogP contribution in [0.1, 0.15) is 25.8 Å². The predicted molar refractivity (Wildman–Crippen MR) is 108 cm³/mol. The van der Waals surface area contributed by atoms with E-state index in [0.717, 1.165) is 22.9 Å². The number of hydrogen-bond acceptors (Lipinski definition) is 3. The fourth-order valence-corrected chi connectivity index (χ4v) is 3.73. The van der Waals surface area contributed by atoms with Crippen molar-refractivity contribution < 1.29 is 9.59 Å². The molecule has 1 N–H and O–H groups in total. The molecule has 2 aromatic rings. The van der Waals surface area contributed by atoms with Crippen LogP contribution in [-0.2, 0) is 15.1 Å². The summed E-state index contributed by atoms with van der Waals surface area (Å²) >= 11 is 0. The van der Waals surface area contributed by atoms with E-state index in [1.54, 1.807) is 4.90 Å². The summed E-state index contributed by atoms with van der Waals surface area (Å²) in [6, 6.07) is 14.4. The minimum atomic E-state index is -0.516. The number of amides is 2. The first kappa shape index (κ1) is 19.4. The average molecular weight is 367 g/mol. The van der Waals surface area contributed by atoms with Crippen LogP contribution in [0.2, 0.25) is 0 Å². The molecule has 1 aliphatic heterocycles. The Kier molecular flexibility index (Phi) is 5.51. The zero-order chi connectivity index (χ0) is 19.6. The van der Waals surface area contributed by atoms with Gasteiger partial charge in [0.25, 0.3) is 0 Å². The molecule has 0 aromatic heterocycles. The number of fused-ring (bicyclic) bond motifs is 1. The number of hydrogen-bond donors (Lipinski definition) is 1. The summed E-state index contributed by atoms with van der Waals surface area (Å²) in [5, 5.41) is 5.48. The lowest BCUT2D eigenvalue weighted by atomic mass is 9.89. The Morgan fingerprint density at radius 1 is 1.19 bits per heavy atom. The number of likely N-dealkylation sites (tertiary alicyclic amines) is 1. The second-order valence-corrected chi connectivity index (χ2v) is 8.19. The van der Waals surface area contributed by atoms with Gasteiger partial charge in [0.1, 0.15) is 0 Å². The molecule has 3 rings (SSSR count). The van der Waals surface area contributed by atoms with Crippen molar-refractivity contribution in [2.75, 3.05) is 33.7 Å². The van der Waals surface area contributed by atoms with Crippen molar-refractivity contribution in [1.82, 2.24) is 15.1 Å². The smallest absolute Gasteiger partial charge is 0.226 e. The average Bonchev–Trinajstić information content (AvgIpc) is 3.00. The molecule has 1 atom stereocenters. The van der Waals surface area contributed by atoms with E-state index in [1.807, 2.05) is 51.0 Å². The molecule has 1 fully saturated rings. The standard InChI is InChI=1S/C22H29N3O2/c1-22(2,19-11-7-9-16-8-5-6-10-18(16)19)23-21(27)17-14-20(26)25(15-17)13-12-24(3)4/h5-11,17H,12-15H2,1-4H3,(H,23,27)/t17-/m0/s1. The van der Waals surface area contributed by atoms with E-state index in [1.165, 1.54) is 0 Å². The first-order valence-corrected chi connectivity index (χ1v) is 9.51. The van der Waals surface area contributed by atoms with Gasteiger partial charge >= 0.3 is 0 Å². The lowest BCUT2D eigenvalue weighted by molar-refractivity contribution is -0.129. The third kappa shape index (κ3) is 4.30. The van der Waals surface area contributed by atoms with Gasteiger partial charge in [0, 0.05) is 26.1 Å². The molecule has 2 aromatic carbocycles. The van der Waals surface area contributed by atoms with Crippen LogP contribution in [0.25, 0.3) is 10.8 Å². The Morgan fingerprint density at radius 3 is 2.63 bits per heavy atom. The van der Waals surface area contributed by atoms with Gasteiger partial charge in [0.2, 0.25) is 11.8 Å². The largest absolute Gasteiger partial charge is 0.347 e. The van der Waals surface area contributed by atoms with Gasteiger partial charge in [0.15, 0.2) is 0 Å². The zero-order valence-electron chi connectivity index (χ0n) is 16.7. The second-order valence-electron chi connectivity index (χ2n) is 8.19. The summed E-state index contributed by atoms with van der Waals surface area (Å²) in [7, 11) is 3.97. The highest BCUT2D eigenvalue weighted by Gasteiger charge is 2.36. The summed E-state index contributed by atoms with van der Waals surface area (Å²) < 4.78 is 0.